The fourth-order valence-corrected chi connectivity index (χ4v) is 5.21. The molecule has 2 aromatic carbocycles. The molecule has 1 saturated carbocycles. The highest BCUT2D eigenvalue weighted by molar-refractivity contribution is 6.04. The van der Waals surface area contributed by atoms with Gasteiger partial charge in [-0.1, -0.05) is 75.8 Å². The van der Waals surface area contributed by atoms with Crippen LogP contribution in [0, 0.1) is 11.8 Å². The molecule has 0 heterocycles. The van der Waals surface area contributed by atoms with Gasteiger partial charge in [-0.2, -0.15) is 0 Å². The van der Waals surface area contributed by atoms with E-state index in [9.17, 15) is 24.6 Å². The SMILES string of the molecule is CCCCC[C@H](O)/C=C/[C@H]1[C@H](O)CC(=O)[C@@H]1CCCCCCC(=O)Nc1ccc(NC(=O)c2ccccc2)cc1. The van der Waals surface area contributed by atoms with Gasteiger partial charge in [-0.3, -0.25) is 14.4 Å². The molecular formula is C33H44N2O5. The van der Waals surface area contributed by atoms with Crippen LogP contribution in [0.5, 0.6) is 0 Å². The molecule has 3 rings (SSSR count). The Labute approximate surface area is 238 Å². The molecule has 2 aromatic rings. The van der Waals surface area contributed by atoms with Crippen molar-refractivity contribution in [3.8, 4) is 0 Å². The van der Waals surface area contributed by atoms with Crippen LogP contribution in [0.1, 0.15) is 87.9 Å². The summed E-state index contributed by atoms with van der Waals surface area (Å²) in [5.41, 5.74) is 1.91. The Kier molecular flexibility index (Phi) is 13.1. The number of nitrogens with one attached hydrogen (secondary N) is 2. The summed E-state index contributed by atoms with van der Waals surface area (Å²) in [7, 11) is 0. The maximum atomic E-state index is 12.4. The van der Waals surface area contributed by atoms with Crippen molar-refractivity contribution in [3.63, 3.8) is 0 Å². The molecule has 7 nitrogen and oxygen atoms in total. The molecule has 0 aromatic heterocycles. The van der Waals surface area contributed by atoms with E-state index in [1.807, 2.05) is 24.3 Å². The number of Topliss-reactive ketones (excluding diaryl/α,β-unsaturated/α-hetero) is 1. The van der Waals surface area contributed by atoms with Crippen LogP contribution < -0.4 is 10.6 Å². The van der Waals surface area contributed by atoms with Crippen LogP contribution in [0.4, 0.5) is 11.4 Å². The quantitative estimate of drug-likeness (QED) is 0.146. The number of carbonyl (C=O) groups is 3. The predicted octanol–water partition coefficient (Wildman–Crippen LogP) is 6.28. The molecule has 0 bridgehead atoms. The number of rotatable bonds is 16. The highest BCUT2D eigenvalue weighted by Gasteiger charge is 2.39. The van der Waals surface area contributed by atoms with E-state index in [4.69, 9.17) is 0 Å². The summed E-state index contributed by atoms with van der Waals surface area (Å²) in [5, 5.41) is 26.3. The molecule has 0 unspecified atom stereocenters. The van der Waals surface area contributed by atoms with Crippen molar-refractivity contribution >= 4 is 29.0 Å². The van der Waals surface area contributed by atoms with Gasteiger partial charge in [0.05, 0.1) is 12.2 Å². The Morgan fingerprint density at radius 3 is 2.30 bits per heavy atom. The third-order valence-electron chi connectivity index (χ3n) is 7.52. The zero-order valence-electron chi connectivity index (χ0n) is 23.6. The molecule has 0 spiro atoms. The largest absolute Gasteiger partial charge is 0.392 e. The van der Waals surface area contributed by atoms with Crippen LogP contribution in [0.2, 0.25) is 0 Å². The van der Waals surface area contributed by atoms with Crippen LogP contribution in [0.3, 0.4) is 0 Å². The Morgan fingerprint density at radius 2 is 1.60 bits per heavy atom. The molecule has 0 saturated heterocycles. The maximum absolute atomic E-state index is 12.4. The lowest BCUT2D eigenvalue weighted by atomic mass is 9.88. The second-order valence-electron chi connectivity index (χ2n) is 10.8. The molecule has 7 heteroatoms. The van der Waals surface area contributed by atoms with E-state index in [1.165, 1.54) is 0 Å². The van der Waals surface area contributed by atoms with Crippen LogP contribution >= 0.6 is 0 Å². The minimum absolute atomic E-state index is 0.0575. The number of hydrogen-bond donors (Lipinski definition) is 4. The van der Waals surface area contributed by atoms with Crippen molar-refractivity contribution in [1.29, 1.82) is 0 Å². The van der Waals surface area contributed by atoms with Crippen molar-refractivity contribution < 1.29 is 24.6 Å². The summed E-state index contributed by atoms with van der Waals surface area (Å²) in [6, 6.07) is 16.0. The fraction of sp³-hybridized carbons (Fsp3) is 0.485. The number of aliphatic hydroxyl groups excluding tert-OH is 2. The number of amides is 2. The standard InChI is InChI=1S/C33H44N2O5/c1-2-3-7-14-27(36)21-22-29-28(30(37)23-31(29)38)15-10-4-5-11-16-32(39)34-25-17-19-26(20-18-25)35-33(40)24-12-8-6-9-13-24/h6,8-9,12-13,17-22,27-29,31,36,38H,2-5,7,10-11,14-16,23H2,1H3,(H,34,39)(H,35,40)/b22-21+/t27-,28+,29+,31+/m0/s1. The first kappa shape index (κ1) is 31.2. The molecule has 4 N–H and O–H groups in total. The van der Waals surface area contributed by atoms with E-state index in [2.05, 4.69) is 17.6 Å². The number of hydrogen-bond acceptors (Lipinski definition) is 5. The number of aliphatic hydroxyl groups is 2. The first-order chi connectivity index (χ1) is 19.4. The third kappa shape index (κ3) is 10.4. The average Bonchev–Trinajstić information content (AvgIpc) is 3.22. The summed E-state index contributed by atoms with van der Waals surface area (Å²) in [5.74, 6) is -0.560. The Balaban J connectivity index is 1.32. The highest BCUT2D eigenvalue weighted by Crippen LogP contribution is 2.34. The van der Waals surface area contributed by atoms with E-state index >= 15 is 0 Å². The van der Waals surface area contributed by atoms with Gasteiger partial charge in [0.15, 0.2) is 0 Å². The van der Waals surface area contributed by atoms with Gasteiger partial charge in [-0.15, -0.1) is 0 Å². The highest BCUT2D eigenvalue weighted by atomic mass is 16.3. The molecule has 4 atom stereocenters. The van der Waals surface area contributed by atoms with Gasteiger partial charge in [0.2, 0.25) is 5.91 Å². The molecule has 1 fully saturated rings. The zero-order chi connectivity index (χ0) is 28.7. The summed E-state index contributed by atoms with van der Waals surface area (Å²) in [6.07, 6.45) is 11.0. The monoisotopic (exact) mass is 548 g/mol. The zero-order valence-corrected chi connectivity index (χ0v) is 23.6. The van der Waals surface area contributed by atoms with Crippen LogP contribution in [-0.4, -0.2) is 40.0 Å². The van der Waals surface area contributed by atoms with Crippen molar-refractivity contribution in [2.45, 2.75) is 89.8 Å². The van der Waals surface area contributed by atoms with Crippen molar-refractivity contribution in [2.24, 2.45) is 11.8 Å². The van der Waals surface area contributed by atoms with Crippen LogP contribution in [0.25, 0.3) is 0 Å². The number of anilines is 2. The molecule has 0 radical (unpaired) electrons. The molecular weight excluding hydrogens is 504 g/mol. The molecule has 2 amide bonds. The van der Waals surface area contributed by atoms with Gasteiger partial charge in [0.25, 0.3) is 5.91 Å². The smallest absolute Gasteiger partial charge is 0.255 e. The van der Waals surface area contributed by atoms with E-state index in [0.29, 0.717) is 29.8 Å². The first-order valence-corrected chi connectivity index (χ1v) is 14.7. The Morgan fingerprint density at radius 1 is 0.925 bits per heavy atom. The fourth-order valence-electron chi connectivity index (χ4n) is 5.21. The van der Waals surface area contributed by atoms with Crippen molar-refractivity contribution in [3.05, 3.63) is 72.3 Å². The molecule has 0 aliphatic heterocycles. The molecule has 216 valence electrons. The van der Waals surface area contributed by atoms with E-state index in [-0.39, 0.29) is 35.9 Å². The summed E-state index contributed by atoms with van der Waals surface area (Å²) < 4.78 is 0. The summed E-state index contributed by atoms with van der Waals surface area (Å²) in [4.78, 5) is 37.1. The predicted molar refractivity (Wildman–Crippen MR) is 159 cm³/mol. The minimum Gasteiger partial charge on any atom is -0.392 e. The lowest BCUT2D eigenvalue weighted by Gasteiger charge is -2.18. The van der Waals surface area contributed by atoms with Gasteiger partial charge in [-0.05, 0) is 55.7 Å². The maximum Gasteiger partial charge on any atom is 0.255 e. The summed E-state index contributed by atoms with van der Waals surface area (Å²) in [6.45, 7) is 2.12. The van der Waals surface area contributed by atoms with E-state index < -0.39 is 12.2 Å². The van der Waals surface area contributed by atoms with Crippen molar-refractivity contribution in [2.75, 3.05) is 10.6 Å². The minimum atomic E-state index is -0.672. The third-order valence-corrected chi connectivity index (χ3v) is 7.52. The van der Waals surface area contributed by atoms with Crippen LogP contribution in [0.15, 0.2) is 66.7 Å². The topological polar surface area (TPSA) is 116 Å². The van der Waals surface area contributed by atoms with Gasteiger partial charge in [0.1, 0.15) is 5.78 Å². The number of unbranched alkanes of at least 4 members (excludes halogenated alkanes) is 5. The first-order valence-electron chi connectivity index (χ1n) is 14.7. The molecule has 40 heavy (non-hydrogen) atoms. The number of ketones is 1. The number of carbonyl (C=O) groups excluding carboxylic acids is 3. The van der Waals surface area contributed by atoms with Gasteiger partial charge in [0, 0.05) is 41.6 Å². The Bertz CT molecular complexity index is 1100. The van der Waals surface area contributed by atoms with Gasteiger partial charge in [-0.25, -0.2) is 0 Å². The molecule has 1 aliphatic carbocycles. The molecule has 1 aliphatic rings. The lowest BCUT2D eigenvalue weighted by molar-refractivity contribution is -0.121. The normalized spacial score (nSPS) is 19.6. The van der Waals surface area contributed by atoms with Crippen molar-refractivity contribution in [1.82, 2.24) is 0 Å². The van der Waals surface area contributed by atoms with Gasteiger partial charge < -0.3 is 20.8 Å². The second-order valence-corrected chi connectivity index (χ2v) is 10.8. The van der Waals surface area contributed by atoms with E-state index in [0.717, 1.165) is 51.4 Å². The van der Waals surface area contributed by atoms with E-state index in [1.54, 1.807) is 42.5 Å². The number of benzene rings is 2. The lowest BCUT2D eigenvalue weighted by Crippen LogP contribution is -2.19. The Hall–Kier alpha value is -3.29. The average molecular weight is 549 g/mol. The van der Waals surface area contributed by atoms with Crippen LogP contribution in [-0.2, 0) is 9.59 Å². The van der Waals surface area contributed by atoms with Gasteiger partial charge >= 0.3 is 0 Å². The summed E-state index contributed by atoms with van der Waals surface area (Å²) >= 11 is 0. The second kappa shape index (κ2) is 16.7.